The van der Waals surface area contributed by atoms with Gasteiger partial charge in [0, 0.05) is 20.3 Å². The third-order valence-electron chi connectivity index (χ3n) is 4.25. The van der Waals surface area contributed by atoms with Crippen molar-refractivity contribution in [3.8, 4) is 10.8 Å². The highest BCUT2D eigenvalue weighted by atomic mass is 35.5. The van der Waals surface area contributed by atoms with Crippen molar-refractivity contribution in [3.63, 3.8) is 0 Å². The number of hydrogen-bond donors (Lipinski definition) is 0. The molecule has 0 atom stereocenters. The van der Waals surface area contributed by atoms with Gasteiger partial charge in [-0.15, -0.1) is 32.9 Å². The minimum atomic E-state index is 0.423. The molecule has 5 aromatic rings. The van der Waals surface area contributed by atoms with Crippen molar-refractivity contribution in [1.82, 2.24) is 20.2 Å². The number of hydrogen-bond acceptors (Lipinski definition) is 8. The fourth-order valence-corrected chi connectivity index (χ4v) is 6.12. The smallest absolute Gasteiger partial charge is 0.283 e. The topological polar surface area (TPSA) is 64.7 Å². The molecule has 0 fully saturated rings. The van der Waals surface area contributed by atoms with Gasteiger partial charge in [0.2, 0.25) is 0 Å². The Hall–Kier alpha value is -2.00. The predicted octanol–water partition coefficient (Wildman–Crippen LogP) is 6.38. The van der Waals surface area contributed by atoms with Crippen molar-refractivity contribution < 1.29 is 4.42 Å². The molecule has 0 bridgehead atoms. The van der Waals surface area contributed by atoms with E-state index in [1.807, 2.05) is 24.3 Å². The van der Waals surface area contributed by atoms with E-state index < -0.39 is 0 Å². The maximum Gasteiger partial charge on any atom is 0.283 e. The van der Waals surface area contributed by atoms with Crippen molar-refractivity contribution in [1.29, 1.82) is 0 Å². The van der Waals surface area contributed by atoms with Crippen LogP contribution in [0.3, 0.4) is 0 Å². The van der Waals surface area contributed by atoms with Gasteiger partial charge in [-0.2, -0.15) is 0 Å². The van der Waals surface area contributed by atoms with Crippen LogP contribution in [0, 0.1) is 13.8 Å². The molecule has 4 aromatic heterocycles. The molecule has 0 amide bonds. The van der Waals surface area contributed by atoms with Gasteiger partial charge < -0.3 is 4.42 Å². The van der Waals surface area contributed by atoms with Gasteiger partial charge in [0.05, 0.1) is 5.02 Å². The lowest BCUT2D eigenvalue weighted by Crippen LogP contribution is -1.85. The van der Waals surface area contributed by atoms with Crippen molar-refractivity contribution >= 4 is 66.3 Å². The second-order valence-electron chi connectivity index (χ2n) is 5.86. The Kier molecular flexibility index (Phi) is 4.16. The van der Waals surface area contributed by atoms with Gasteiger partial charge in [-0.05, 0) is 37.2 Å². The summed E-state index contributed by atoms with van der Waals surface area (Å²) >= 11 is 11.1. The summed E-state index contributed by atoms with van der Waals surface area (Å²) in [6.07, 6.45) is 1.57. The van der Waals surface area contributed by atoms with Crippen molar-refractivity contribution in [2.75, 3.05) is 0 Å². The van der Waals surface area contributed by atoms with Crippen LogP contribution in [-0.2, 0) is 0 Å². The summed E-state index contributed by atoms with van der Waals surface area (Å²) in [6.45, 7) is 4.17. The van der Waals surface area contributed by atoms with Gasteiger partial charge in [-0.25, -0.2) is 9.97 Å². The van der Waals surface area contributed by atoms with E-state index in [1.165, 1.54) is 22.2 Å². The minimum Gasteiger partial charge on any atom is -0.410 e. The van der Waals surface area contributed by atoms with Crippen LogP contribution in [0.4, 0.5) is 0 Å². The average molecular weight is 431 g/mol. The first-order valence-corrected chi connectivity index (χ1v) is 10.8. The number of halogens is 1. The van der Waals surface area contributed by atoms with E-state index in [9.17, 15) is 0 Å². The molecule has 0 aliphatic carbocycles. The highest BCUT2D eigenvalue weighted by Crippen LogP contribution is 2.43. The molecule has 0 saturated heterocycles. The molecule has 0 spiro atoms. The summed E-state index contributed by atoms with van der Waals surface area (Å²) in [4.78, 5) is 11.8. The standard InChI is InChI=1S/C18H11ClN4OS3/c1-8-9(2)25-16-12(8)17(21-7-20-16)27-18-23-22-15(24-18)14-13(19)10-5-3-4-6-11(10)26-14/h3-7H,1-2H3. The maximum absolute atomic E-state index is 6.52. The fraction of sp³-hybridized carbons (Fsp3) is 0.111. The molecular weight excluding hydrogens is 420 g/mol. The largest absolute Gasteiger partial charge is 0.410 e. The molecule has 0 saturated carbocycles. The van der Waals surface area contributed by atoms with Crippen LogP contribution in [-0.4, -0.2) is 20.2 Å². The van der Waals surface area contributed by atoms with Crippen molar-refractivity contribution in [2.45, 2.75) is 24.1 Å². The quantitative estimate of drug-likeness (QED) is 0.309. The van der Waals surface area contributed by atoms with E-state index in [1.54, 1.807) is 29.0 Å². The summed E-state index contributed by atoms with van der Waals surface area (Å²) in [5.41, 5.74) is 1.19. The molecule has 0 unspecified atom stereocenters. The highest BCUT2D eigenvalue weighted by molar-refractivity contribution is 7.99. The van der Waals surface area contributed by atoms with E-state index in [0.717, 1.165) is 30.2 Å². The maximum atomic E-state index is 6.52. The van der Waals surface area contributed by atoms with Gasteiger partial charge in [0.1, 0.15) is 21.1 Å². The van der Waals surface area contributed by atoms with E-state index in [2.05, 4.69) is 34.0 Å². The lowest BCUT2D eigenvalue weighted by atomic mass is 10.2. The molecule has 0 aliphatic heterocycles. The summed E-state index contributed by atoms with van der Waals surface area (Å²) < 4.78 is 6.98. The number of rotatable bonds is 3. The Morgan fingerprint density at radius 1 is 1.07 bits per heavy atom. The fourth-order valence-electron chi connectivity index (χ4n) is 2.80. The average Bonchev–Trinajstić information content (AvgIpc) is 3.34. The van der Waals surface area contributed by atoms with Crippen LogP contribution in [0.2, 0.25) is 5.02 Å². The summed E-state index contributed by atoms with van der Waals surface area (Å²) in [7, 11) is 0. The molecular formula is C18H11ClN4OS3. The number of aryl methyl sites for hydroxylation is 2. The number of benzene rings is 1. The third kappa shape index (κ3) is 2.84. The van der Waals surface area contributed by atoms with Gasteiger partial charge in [0.15, 0.2) is 0 Å². The van der Waals surface area contributed by atoms with Gasteiger partial charge in [0.25, 0.3) is 11.1 Å². The molecule has 4 heterocycles. The molecule has 9 heteroatoms. The van der Waals surface area contributed by atoms with Gasteiger partial charge in [-0.1, -0.05) is 29.8 Å². The third-order valence-corrected chi connectivity index (χ3v) is 7.87. The number of fused-ring (bicyclic) bond motifs is 2. The van der Waals surface area contributed by atoms with Crippen molar-refractivity contribution in [2.24, 2.45) is 0 Å². The summed E-state index contributed by atoms with van der Waals surface area (Å²) in [6, 6.07) is 7.97. The van der Waals surface area contributed by atoms with Crippen molar-refractivity contribution in [3.05, 3.63) is 46.1 Å². The molecule has 0 N–H and O–H groups in total. The Morgan fingerprint density at radius 2 is 1.93 bits per heavy atom. The molecule has 134 valence electrons. The van der Waals surface area contributed by atoms with Crippen LogP contribution in [0.1, 0.15) is 10.4 Å². The Bertz CT molecular complexity index is 1310. The Balaban J connectivity index is 1.54. The molecule has 0 radical (unpaired) electrons. The van der Waals surface area contributed by atoms with E-state index in [4.69, 9.17) is 16.0 Å². The second kappa shape index (κ2) is 6.56. The Labute approximate surface area is 171 Å². The lowest BCUT2D eigenvalue weighted by molar-refractivity contribution is 0.466. The van der Waals surface area contributed by atoms with Crippen LogP contribution in [0.25, 0.3) is 31.1 Å². The number of nitrogens with zero attached hydrogens (tertiary/aromatic N) is 4. The first-order valence-electron chi connectivity index (χ1n) is 8.01. The predicted molar refractivity (Wildman–Crippen MR) is 111 cm³/mol. The first-order chi connectivity index (χ1) is 13.1. The van der Waals surface area contributed by atoms with E-state index >= 15 is 0 Å². The molecule has 5 rings (SSSR count). The van der Waals surface area contributed by atoms with Gasteiger partial charge >= 0.3 is 0 Å². The monoisotopic (exact) mass is 430 g/mol. The van der Waals surface area contributed by atoms with Crippen LogP contribution >= 0.6 is 46.0 Å². The molecule has 27 heavy (non-hydrogen) atoms. The summed E-state index contributed by atoms with van der Waals surface area (Å²) in [5, 5.41) is 12.3. The molecule has 1 aromatic carbocycles. The minimum absolute atomic E-state index is 0.423. The molecule has 0 aliphatic rings. The number of aromatic nitrogens is 4. The zero-order chi connectivity index (χ0) is 18.5. The van der Waals surface area contributed by atoms with Crippen LogP contribution < -0.4 is 0 Å². The molecule has 5 nitrogen and oxygen atoms in total. The normalized spacial score (nSPS) is 11.7. The van der Waals surface area contributed by atoms with Crippen LogP contribution in [0.5, 0.6) is 0 Å². The highest BCUT2D eigenvalue weighted by Gasteiger charge is 2.20. The van der Waals surface area contributed by atoms with E-state index in [0.29, 0.717) is 16.1 Å². The SMILES string of the molecule is Cc1sc2ncnc(Sc3nnc(-c4sc5ccccc5c4Cl)o3)c2c1C. The van der Waals surface area contributed by atoms with E-state index in [-0.39, 0.29) is 0 Å². The number of thiophene rings is 2. The van der Waals surface area contributed by atoms with Gasteiger partial charge in [-0.3, -0.25) is 0 Å². The zero-order valence-corrected chi connectivity index (χ0v) is 17.4. The summed E-state index contributed by atoms with van der Waals surface area (Å²) in [5.74, 6) is 0.423. The second-order valence-corrected chi connectivity index (χ2v) is 9.43. The lowest BCUT2D eigenvalue weighted by Gasteiger charge is -1.99. The zero-order valence-electron chi connectivity index (χ0n) is 14.2. The first kappa shape index (κ1) is 17.1. The Morgan fingerprint density at radius 3 is 2.78 bits per heavy atom. The van der Waals surface area contributed by atoms with Crippen LogP contribution in [0.15, 0.2) is 45.3 Å².